The maximum absolute atomic E-state index is 11.4. The number of nitriles is 1. The molecule has 1 aliphatic rings. The summed E-state index contributed by atoms with van der Waals surface area (Å²) in [6.07, 6.45) is 1.89. The molecule has 0 spiro atoms. The molecule has 1 atom stereocenters. The van der Waals surface area contributed by atoms with Crippen molar-refractivity contribution in [3.05, 3.63) is 35.4 Å². The average molecular weight is 243 g/mol. The minimum atomic E-state index is -0.426. The molecule has 0 bridgehead atoms. The molecule has 1 saturated heterocycles. The van der Waals surface area contributed by atoms with E-state index in [1.807, 2.05) is 19.1 Å². The van der Waals surface area contributed by atoms with Crippen LogP contribution in [-0.4, -0.2) is 22.9 Å². The Labute approximate surface area is 107 Å². The molecule has 1 aromatic carbocycles. The molecular formula is C14H17N3O. The lowest BCUT2D eigenvalue weighted by Gasteiger charge is -2.29. The molecule has 94 valence electrons. The first-order valence-corrected chi connectivity index (χ1v) is 6.11. The first kappa shape index (κ1) is 12.6. The van der Waals surface area contributed by atoms with Crippen LogP contribution in [0.3, 0.4) is 0 Å². The first-order chi connectivity index (χ1) is 8.57. The molecule has 4 nitrogen and oxygen atoms in total. The largest absolute Gasteiger partial charge is 0.366 e. The smallest absolute Gasteiger partial charge is 0.249 e. The Morgan fingerprint density at radius 1 is 1.56 bits per heavy atom. The number of hydrogen-bond donors (Lipinski definition) is 1. The molecule has 1 fully saturated rings. The molecule has 0 saturated carbocycles. The number of amides is 1. The van der Waals surface area contributed by atoms with E-state index in [4.69, 9.17) is 5.73 Å². The van der Waals surface area contributed by atoms with Crippen LogP contribution >= 0.6 is 0 Å². The van der Waals surface area contributed by atoms with Crippen molar-refractivity contribution in [2.45, 2.75) is 31.8 Å². The maximum Gasteiger partial charge on any atom is 0.249 e. The third kappa shape index (κ3) is 2.22. The Bertz CT molecular complexity index is 506. The summed E-state index contributed by atoms with van der Waals surface area (Å²) in [5, 5.41) is 9.27. The predicted molar refractivity (Wildman–Crippen MR) is 68.6 cm³/mol. The maximum atomic E-state index is 11.4. The van der Waals surface area contributed by atoms with Crippen molar-refractivity contribution in [3.63, 3.8) is 0 Å². The van der Waals surface area contributed by atoms with Crippen molar-refractivity contribution >= 4 is 5.91 Å². The van der Waals surface area contributed by atoms with Crippen molar-refractivity contribution in [1.82, 2.24) is 4.90 Å². The van der Waals surface area contributed by atoms with Crippen LogP contribution in [0.1, 0.15) is 35.7 Å². The van der Waals surface area contributed by atoms with Gasteiger partial charge in [-0.1, -0.05) is 18.2 Å². The van der Waals surface area contributed by atoms with Crippen LogP contribution in [0.15, 0.2) is 24.3 Å². The van der Waals surface area contributed by atoms with Gasteiger partial charge in [-0.2, -0.15) is 5.26 Å². The van der Waals surface area contributed by atoms with Gasteiger partial charge in [0.15, 0.2) is 0 Å². The lowest BCUT2D eigenvalue weighted by molar-refractivity contribution is 0.0997. The van der Waals surface area contributed by atoms with Gasteiger partial charge in [-0.3, -0.25) is 9.69 Å². The highest BCUT2D eigenvalue weighted by molar-refractivity contribution is 5.94. The number of rotatable bonds is 3. The van der Waals surface area contributed by atoms with Gasteiger partial charge in [0.25, 0.3) is 0 Å². The number of benzene rings is 1. The van der Waals surface area contributed by atoms with Crippen LogP contribution in [0, 0.1) is 11.3 Å². The molecular weight excluding hydrogens is 226 g/mol. The van der Waals surface area contributed by atoms with Crippen molar-refractivity contribution in [1.29, 1.82) is 5.26 Å². The van der Waals surface area contributed by atoms with E-state index in [1.54, 1.807) is 12.1 Å². The number of likely N-dealkylation sites (tertiary alicyclic amines) is 1. The second-order valence-corrected chi connectivity index (χ2v) is 4.93. The fourth-order valence-electron chi connectivity index (χ4n) is 2.50. The van der Waals surface area contributed by atoms with Crippen LogP contribution in [0.5, 0.6) is 0 Å². The van der Waals surface area contributed by atoms with Crippen LogP contribution in [-0.2, 0) is 6.54 Å². The quantitative estimate of drug-likeness (QED) is 0.877. The standard InChI is InChI=1S/C14H17N3O/c1-14(10-15)7-4-8-17(14)9-11-5-2-3-6-12(11)13(16)18/h2-3,5-6H,4,7-9H2,1H3,(H2,16,18). The summed E-state index contributed by atoms with van der Waals surface area (Å²) in [5.41, 5.74) is 6.38. The van der Waals surface area contributed by atoms with Crippen molar-refractivity contribution in [2.75, 3.05) is 6.54 Å². The van der Waals surface area contributed by atoms with Gasteiger partial charge in [-0.15, -0.1) is 0 Å². The predicted octanol–water partition coefficient (Wildman–Crippen LogP) is 1.66. The summed E-state index contributed by atoms with van der Waals surface area (Å²) in [5.74, 6) is -0.413. The van der Waals surface area contributed by atoms with Crippen LogP contribution in [0.4, 0.5) is 0 Å². The highest BCUT2D eigenvalue weighted by Crippen LogP contribution is 2.30. The Balaban J connectivity index is 2.25. The molecule has 0 radical (unpaired) electrons. The zero-order valence-corrected chi connectivity index (χ0v) is 10.5. The summed E-state index contributed by atoms with van der Waals surface area (Å²) in [7, 11) is 0. The van der Waals surface area contributed by atoms with E-state index >= 15 is 0 Å². The number of nitrogens with two attached hydrogens (primary N) is 1. The van der Waals surface area contributed by atoms with Gasteiger partial charge in [0.1, 0.15) is 5.54 Å². The molecule has 1 aliphatic heterocycles. The summed E-state index contributed by atoms with van der Waals surface area (Å²) < 4.78 is 0. The zero-order valence-electron chi connectivity index (χ0n) is 10.5. The highest BCUT2D eigenvalue weighted by atomic mass is 16.1. The van der Waals surface area contributed by atoms with Gasteiger partial charge in [-0.05, 0) is 31.4 Å². The molecule has 1 amide bonds. The van der Waals surface area contributed by atoms with Gasteiger partial charge >= 0.3 is 0 Å². The van der Waals surface area contributed by atoms with E-state index in [9.17, 15) is 10.1 Å². The molecule has 1 unspecified atom stereocenters. The van der Waals surface area contributed by atoms with Crippen molar-refractivity contribution in [3.8, 4) is 6.07 Å². The Hall–Kier alpha value is -1.86. The minimum absolute atomic E-state index is 0.413. The fraction of sp³-hybridized carbons (Fsp3) is 0.429. The molecule has 18 heavy (non-hydrogen) atoms. The van der Waals surface area contributed by atoms with E-state index < -0.39 is 11.4 Å². The summed E-state index contributed by atoms with van der Waals surface area (Å²) in [6.45, 7) is 3.44. The number of hydrogen-bond acceptors (Lipinski definition) is 3. The van der Waals surface area contributed by atoms with Gasteiger partial charge in [-0.25, -0.2) is 0 Å². The molecule has 4 heteroatoms. The van der Waals surface area contributed by atoms with Crippen molar-refractivity contribution in [2.24, 2.45) is 5.73 Å². The lowest BCUT2D eigenvalue weighted by atomic mass is 9.99. The third-order valence-corrected chi connectivity index (χ3v) is 3.67. The number of nitrogens with zero attached hydrogens (tertiary/aromatic N) is 2. The van der Waals surface area contributed by atoms with E-state index in [0.29, 0.717) is 12.1 Å². The SMILES string of the molecule is CC1(C#N)CCCN1Cc1ccccc1C(N)=O. The van der Waals surface area contributed by atoms with Crippen LogP contribution in [0.2, 0.25) is 0 Å². The molecule has 2 rings (SSSR count). The highest BCUT2D eigenvalue weighted by Gasteiger charge is 2.36. The molecule has 0 aromatic heterocycles. The lowest BCUT2D eigenvalue weighted by Crippen LogP contribution is -2.39. The average Bonchev–Trinajstić information content (AvgIpc) is 2.72. The second-order valence-electron chi connectivity index (χ2n) is 4.93. The third-order valence-electron chi connectivity index (χ3n) is 3.67. The van der Waals surface area contributed by atoms with E-state index in [-0.39, 0.29) is 0 Å². The van der Waals surface area contributed by atoms with E-state index in [0.717, 1.165) is 24.9 Å². The zero-order chi connectivity index (χ0) is 13.2. The number of carbonyl (C=O) groups excluding carboxylic acids is 1. The molecule has 2 N–H and O–H groups in total. The number of primary amides is 1. The van der Waals surface area contributed by atoms with Gasteiger partial charge < -0.3 is 5.73 Å². The fourth-order valence-corrected chi connectivity index (χ4v) is 2.50. The van der Waals surface area contributed by atoms with Crippen LogP contribution < -0.4 is 5.73 Å². The van der Waals surface area contributed by atoms with E-state index in [1.165, 1.54) is 0 Å². The summed E-state index contributed by atoms with van der Waals surface area (Å²) >= 11 is 0. The van der Waals surface area contributed by atoms with Gasteiger partial charge in [0.2, 0.25) is 5.91 Å². The Morgan fingerprint density at radius 2 is 2.28 bits per heavy atom. The monoisotopic (exact) mass is 243 g/mol. The van der Waals surface area contributed by atoms with Gasteiger partial charge in [0, 0.05) is 18.7 Å². The van der Waals surface area contributed by atoms with E-state index in [2.05, 4.69) is 11.0 Å². The van der Waals surface area contributed by atoms with Crippen molar-refractivity contribution < 1.29 is 4.79 Å². The normalized spacial score (nSPS) is 23.8. The summed E-state index contributed by atoms with van der Waals surface area (Å²) in [4.78, 5) is 13.5. The Morgan fingerprint density at radius 3 is 2.94 bits per heavy atom. The summed E-state index contributed by atoms with van der Waals surface area (Å²) in [6, 6.07) is 9.69. The molecule has 1 heterocycles. The van der Waals surface area contributed by atoms with Crippen LogP contribution in [0.25, 0.3) is 0 Å². The van der Waals surface area contributed by atoms with Gasteiger partial charge in [0.05, 0.1) is 6.07 Å². The Kier molecular flexibility index (Phi) is 3.35. The first-order valence-electron chi connectivity index (χ1n) is 6.11. The molecule has 0 aliphatic carbocycles. The topological polar surface area (TPSA) is 70.1 Å². The minimum Gasteiger partial charge on any atom is -0.366 e. The number of carbonyl (C=O) groups is 1. The second kappa shape index (κ2) is 4.79. The molecule has 1 aromatic rings.